The van der Waals surface area contributed by atoms with E-state index in [2.05, 4.69) is 20.6 Å². The van der Waals surface area contributed by atoms with Gasteiger partial charge in [0.05, 0.1) is 6.10 Å². The van der Waals surface area contributed by atoms with Gasteiger partial charge in [-0.25, -0.2) is 4.98 Å². The Bertz CT molecular complexity index is 551. The number of nitrogens with one attached hydrogen (secondary N) is 2. The monoisotopic (exact) mass is 326 g/mol. The molecule has 3 rings (SSSR count). The van der Waals surface area contributed by atoms with Crippen LogP contribution in [0.5, 0.6) is 0 Å². The van der Waals surface area contributed by atoms with Gasteiger partial charge >= 0.3 is 0 Å². The summed E-state index contributed by atoms with van der Waals surface area (Å²) in [6.07, 6.45) is 5.25. The maximum Gasteiger partial charge on any atom is 0.123 e. The summed E-state index contributed by atoms with van der Waals surface area (Å²) < 4.78 is 0. The molecule has 2 atom stereocenters. The van der Waals surface area contributed by atoms with E-state index in [1.165, 1.54) is 4.88 Å². The number of hydrogen-bond acceptors (Lipinski definition) is 6. The topological polar surface area (TPSA) is 70.1 Å². The van der Waals surface area contributed by atoms with Crippen molar-refractivity contribution in [2.24, 2.45) is 5.92 Å². The lowest BCUT2D eigenvalue weighted by Crippen LogP contribution is -2.29. The molecule has 0 aromatic carbocycles. The van der Waals surface area contributed by atoms with E-state index in [0.717, 1.165) is 30.2 Å². The first-order valence-corrected chi connectivity index (χ1v) is 7.59. The van der Waals surface area contributed by atoms with E-state index in [4.69, 9.17) is 0 Å². The predicted molar refractivity (Wildman–Crippen MR) is 86.7 cm³/mol. The third-order valence-electron chi connectivity index (χ3n) is 3.49. The average Bonchev–Trinajstić information content (AvgIpc) is 3.10. The Hall–Kier alpha value is -1.05. The minimum Gasteiger partial charge on any atom is -0.391 e. The van der Waals surface area contributed by atoms with E-state index in [1.807, 2.05) is 18.3 Å². The fraction of sp³-hybridized carbons (Fsp3) is 0.429. The number of nitrogens with zero attached hydrogens (tertiary/aromatic N) is 2. The van der Waals surface area contributed by atoms with Crippen LogP contribution < -0.4 is 10.6 Å². The molecule has 2 aromatic heterocycles. The molecule has 5 nitrogen and oxygen atoms in total. The lowest BCUT2D eigenvalue weighted by molar-refractivity contribution is 0.146. The number of pyridine rings is 1. The molecule has 3 heterocycles. The van der Waals surface area contributed by atoms with E-state index in [9.17, 15) is 5.11 Å². The van der Waals surface area contributed by atoms with Crippen molar-refractivity contribution in [2.45, 2.75) is 12.6 Å². The van der Waals surface area contributed by atoms with Crippen LogP contribution in [0.3, 0.4) is 0 Å². The Morgan fingerprint density at radius 2 is 2.14 bits per heavy atom. The predicted octanol–water partition coefficient (Wildman–Crippen LogP) is 1.30. The Kier molecular flexibility index (Phi) is 6.08. The fourth-order valence-corrected chi connectivity index (χ4v) is 3.21. The Labute approximate surface area is 134 Å². The molecular weight excluding hydrogens is 308 g/mol. The zero-order valence-corrected chi connectivity index (χ0v) is 13.2. The third kappa shape index (κ3) is 4.21. The zero-order chi connectivity index (χ0) is 13.8. The summed E-state index contributed by atoms with van der Waals surface area (Å²) in [5.74, 6) is 0.308. The second kappa shape index (κ2) is 7.82. The van der Waals surface area contributed by atoms with Crippen molar-refractivity contribution < 1.29 is 5.11 Å². The van der Waals surface area contributed by atoms with Gasteiger partial charge in [-0.15, -0.1) is 23.7 Å². The van der Waals surface area contributed by atoms with Gasteiger partial charge in [-0.05, 0) is 12.1 Å². The molecule has 0 saturated carbocycles. The highest BCUT2D eigenvalue weighted by Crippen LogP contribution is 2.24. The van der Waals surface area contributed by atoms with Crippen LogP contribution in [0.2, 0.25) is 0 Å². The molecule has 0 bridgehead atoms. The van der Waals surface area contributed by atoms with Gasteiger partial charge in [0.2, 0.25) is 0 Å². The second-order valence-electron chi connectivity index (χ2n) is 4.98. The van der Waals surface area contributed by atoms with E-state index in [1.54, 1.807) is 23.7 Å². The van der Waals surface area contributed by atoms with Gasteiger partial charge in [-0.1, -0.05) is 0 Å². The van der Waals surface area contributed by atoms with Crippen LogP contribution in [-0.2, 0) is 6.54 Å². The van der Waals surface area contributed by atoms with Gasteiger partial charge in [0.15, 0.2) is 0 Å². The van der Waals surface area contributed by atoms with Gasteiger partial charge in [0, 0.05) is 61.1 Å². The molecule has 1 aliphatic rings. The van der Waals surface area contributed by atoms with Gasteiger partial charge in [-0.3, -0.25) is 4.98 Å². The highest BCUT2D eigenvalue weighted by atomic mass is 35.5. The maximum atomic E-state index is 9.72. The minimum atomic E-state index is -0.226. The Morgan fingerprint density at radius 1 is 1.33 bits per heavy atom. The number of aliphatic hydroxyl groups is 1. The molecule has 0 aliphatic carbocycles. The molecule has 114 valence electrons. The van der Waals surface area contributed by atoms with Crippen LogP contribution in [0, 0.1) is 5.92 Å². The summed E-state index contributed by atoms with van der Waals surface area (Å²) in [5, 5.41) is 17.3. The van der Waals surface area contributed by atoms with Crippen molar-refractivity contribution in [3.63, 3.8) is 0 Å². The van der Waals surface area contributed by atoms with Gasteiger partial charge < -0.3 is 15.7 Å². The number of hydrogen-bond donors (Lipinski definition) is 3. The van der Waals surface area contributed by atoms with Crippen molar-refractivity contribution in [2.75, 3.05) is 19.6 Å². The van der Waals surface area contributed by atoms with Gasteiger partial charge in [0.25, 0.3) is 0 Å². The van der Waals surface area contributed by atoms with E-state index in [0.29, 0.717) is 12.5 Å². The van der Waals surface area contributed by atoms with Crippen LogP contribution >= 0.6 is 23.7 Å². The smallest absolute Gasteiger partial charge is 0.123 e. The van der Waals surface area contributed by atoms with Crippen LogP contribution in [0.25, 0.3) is 10.6 Å². The largest absolute Gasteiger partial charge is 0.391 e. The van der Waals surface area contributed by atoms with Crippen LogP contribution in [0.15, 0.2) is 30.7 Å². The van der Waals surface area contributed by atoms with Crippen molar-refractivity contribution in [1.29, 1.82) is 0 Å². The first-order chi connectivity index (χ1) is 9.83. The summed E-state index contributed by atoms with van der Waals surface area (Å²) in [4.78, 5) is 9.66. The minimum absolute atomic E-state index is 0. The normalized spacial score (nSPS) is 21.2. The fourth-order valence-electron chi connectivity index (χ4n) is 2.33. The summed E-state index contributed by atoms with van der Waals surface area (Å²) >= 11 is 1.69. The quantitative estimate of drug-likeness (QED) is 0.772. The second-order valence-corrected chi connectivity index (χ2v) is 6.10. The molecule has 0 radical (unpaired) electrons. The molecule has 0 amide bonds. The molecule has 7 heteroatoms. The van der Waals surface area contributed by atoms with E-state index >= 15 is 0 Å². The van der Waals surface area contributed by atoms with Crippen LogP contribution in [-0.4, -0.2) is 40.8 Å². The summed E-state index contributed by atoms with van der Waals surface area (Å²) in [7, 11) is 0. The zero-order valence-electron chi connectivity index (χ0n) is 11.5. The first kappa shape index (κ1) is 16.3. The van der Waals surface area contributed by atoms with Crippen LogP contribution in [0.4, 0.5) is 0 Å². The number of aliphatic hydroxyl groups excluding tert-OH is 1. The molecular formula is C14H19ClN4OS. The highest BCUT2D eigenvalue weighted by molar-refractivity contribution is 7.15. The summed E-state index contributed by atoms with van der Waals surface area (Å²) in [5.41, 5.74) is 1.10. The molecule has 1 fully saturated rings. The highest BCUT2D eigenvalue weighted by Gasteiger charge is 2.24. The van der Waals surface area contributed by atoms with Gasteiger partial charge in [0.1, 0.15) is 5.01 Å². The van der Waals surface area contributed by atoms with Crippen molar-refractivity contribution in [3.05, 3.63) is 35.6 Å². The van der Waals surface area contributed by atoms with Crippen molar-refractivity contribution >= 4 is 23.7 Å². The Morgan fingerprint density at radius 3 is 2.86 bits per heavy atom. The van der Waals surface area contributed by atoms with Crippen LogP contribution in [0.1, 0.15) is 4.88 Å². The lowest BCUT2D eigenvalue weighted by Gasteiger charge is -2.13. The number of β-amino-alcohol motifs (C(OH)–C–C–N with tert-alkyl or cyclic N) is 1. The molecule has 1 saturated heterocycles. The average molecular weight is 327 g/mol. The summed E-state index contributed by atoms with van der Waals surface area (Å²) in [6, 6.07) is 3.94. The molecule has 3 N–H and O–H groups in total. The first-order valence-electron chi connectivity index (χ1n) is 6.77. The van der Waals surface area contributed by atoms with Crippen molar-refractivity contribution in [1.82, 2.24) is 20.6 Å². The van der Waals surface area contributed by atoms with Gasteiger partial charge in [-0.2, -0.15) is 0 Å². The maximum absolute atomic E-state index is 9.72. The molecule has 2 aromatic rings. The third-order valence-corrected chi connectivity index (χ3v) is 4.54. The van der Waals surface area contributed by atoms with Crippen molar-refractivity contribution in [3.8, 4) is 10.6 Å². The molecule has 2 unspecified atom stereocenters. The molecule has 0 spiro atoms. The number of rotatable bonds is 5. The molecule has 1 aliphatic heterocycles. The lowest BCUT2D eigenvalue weighted by atomic mass is 10.1. The SMILES string of the molecule is Cl.OC1CNCC1CNCc1cnc(-c2ccncc2)s1. The standard InChI is InChI=1S/C14H18N4OS.ClH/c19-13-9-17-6-11(13)5-16-7-12-8-18-14(20-12)10-1-3-15-4-2-10;/h1-4,8,11,13,16-17,19H,5-7,9H2;1H. The van der Waals surface area contributed by atoms with E-state index in [-0.39, 0.29) is 18.5 Å². The Balaban J connectivity index is 0.00000161. The number of thiazole rings is 1. The number of aromatic nitrogens is 2. The van der Waals surface area contributed by atoms with E-state index < -0.39 is 0 Å². The molecule has 21 heavy (non-hydrogen) atoms. The summed E-state index contributed by atoms with van der Waals surface area (Å²) in [6.45, 7) is 3.22. The number of halogens is 1.